The van der Waals surface area contributed by atoms with Crippen LogP contribution in [0.3, 0.4) is 0 Å². The van der Waals surface area contributed by atoms with Crippen LogP contribution in [0.5, 0.6) is 0 Å². The third-order valence-corrected chi connectivity index (χ3v) is 5.51. The number of nitrogens with zero attached hydrogens (tertiary/aromatic N) is 1. The van der Waals surface area contributed by atoms with Crippen LogP contribution in [0, 0.1) is 5.82 Å². The van der Waals surface area contributed by atoms with Crippen LogP contribution < -0.4 is 15.8 Å². The molecule has 3 aromatic rings. The second-order valence-corrected chi connectivity index (χ2v) is 7.40. The zero-order valence-corrected chi connectivity index (χ0v) is 16.5. The minimum absolute atomic E-state index is 0.00117. The molecule has 3 N–H and O–H groups in total. The summed E-state index contributed by atoms with van der Waals surface area (Å²) in [5.74, 6) is -0.464. The van der Waals surface area contributed by atoms with Crippen molar-refractivity contribution in [2.45, 2.75) is 12.5 Å². The molecular weight excluding hydrogens is 387 g/mol. The number of rotatable bonds is 6. The van der Waals surface area contributed by atoms with Gasteiger partial charge in [0.25, 0.3) is 5.56 Å². The summed E-state index contributed by atoms with van der Waals surface area (Å²) in [4.78, 5) is 25.9. The van der Waals surface area contributed by atoms with E-state index in [0.29, 0.717) is 36.2 Å². The summed E-state index contributed by atoms with van der Waals surface area (Å²) in [6, 6.07) is 13.5. The number of fused-ring (bicyclic) bond motifs is 1. The molecular formula is C22H24FN4O3+. The molecule has 1 aromatic heterocycles. The maximum absolute atomic E-state index is 13.4. The van der Waals surface area contributed by atoms with Crippen molar-refractivity contribution in [1.82, 2.24) is 15.5 Å². The Hall–Kier alpha value is -3.10. The Morgan fingerprint density at radius 2 is 1.83 bits per heavy atom. The van der Waals surface area contributed by atoms with Gasteiger partial charge in [0.2, 0.25) is 5.91 Å². The molecule has 7 nitrogen and oxygen atoms in total. The number of aromatic nitrogens is 2. The summed E-state index contributed by atoms with van der Waals surface area (Å²) in [5.41, 5.74) is 1.23. The van der Waals surface area contributed by atoms with Crippen molar-refractivity contribution < 1.29 is 18.8 Å². The number of hydrogen-bond donors (Lipinski definition) is 3. The van der Waals surface area contributed by atoms with Crippen LogP contribution in [0.25, 0.3) is 10.8 Å². The lowest BCUT2D eigenvalue weighted by Crippen LogP contribution is -3.15. The minimum atomic E-state index is -0.283. The van der Waals surface area contributed by atoms with Gasteiger partial charge < -0.3 is 15.0 Å². The molecule has 0 bridgehead atoms. The molecule has 1 aliphatic heterocycles. The molecule has 0 spiro atoms. The highest BCUT2D eigenvalue weighted by molar-refractivity contribution is 5.88. The van der Waals surface area contributed by atoms with E-state index in [4.69, 9.17) is 4.74 Å². The largest absolute Gasteiger partial charge is 0.370 e. The Balaban J connectivity index is 1.48. The van der Waals surface area contributed by atoms with Gasteiger partial charge >= 0.3 is 0 Å². The summed E-state index contributed by atoms with van der Waals surface area (Å²) in [6.07, 6.45) is 0.0614. The summed E-state index contributed by atoms with van der Waals surface area (Å²) < 4.78 is 18.8. The van der Waals surface area contributed by atoms with Crippen molar-refractivity contribution in [3.05, 3.63) is 76.0 Å². The monoisotopic (exact) mass is 411 g/mol. The topological polar surface area (TPSA) is 88.5 Å². The van der Waals surface area contributed by atoms with Crippen LogP contribution in [0.4, 0.5) is 4.39 Å². The van der Waals surface area contributed by atoms with Crippen molar-refractivity contribution in [2.24, 2.45) is 0 Å². The Morgan fingerprint density at radius 3 is 2.57 bits per heavy atom. The Labute approximate surface area is 172 Å². The van der Waals surface area contributed by atoms with Gasteiger partial charge in [-0.05, 0) is 18.2 Å². The number of quaternary nitrogens is 1. The molecule has 30 heavy (non-hydrogen) atoms. The number of morpholine rings is 1. The summed E-state index contributed by atoms with van der Waals surface area (Å²) in [5, 5.41) is 10.7. The lowest BCUT2D eigenvalue weighted by molar-refractivity contribution is -0.937. The van der Waals surface area contributed by atoms with Crippen LogP contribution >= 0.6 is 0 Å². The zero-order chi connectivity index (χ0) is 20.9. The molecule has 4 rings (SSSR count). The lowest BCUT2D eigenvalue weighted by Gasteiger charge is -2.32. The first-order chi connectivity index (χ1) is 14.6. The number of halogens is 1. The third-order valence-electron chi connectivity index (χ3n) is 5.51. The van der Waals surface area contributed by atoms with Crippen molar-refractivity contribution in [1.29, 1.82) is 0 Å². The van der Waals surface area contributed by atoms with Crippen LogP contribution in [0.15, 0.2) is 53.3 Å². The normalized spacial score (nSPS) is 15.8. The van der Waals surface area contributed by atoms with Crippen LogP contribution in [0.2, 0.25) is 0 Å². The number of hydrogen-bond acceptors (Lipinski definition) is 4. The molecule has 1 atom stereocenters. The van der Waals surface area contributed by atoms with E-state index in [-0.39, 0.29) is 29.7 Å². The smallest absolute Gasteiger partial charge is 0.272 e. The standard InChI is InChI=1S/C22H23FN4O3/c23-16-7-5-15(6-8-16)20(27-9-11-30-12-10-27)14-24-21(28)13-19-17-3-1-2-4-18(17)22(29)26-25-19/h1-8,20H,9-14H2,(H,24,28)(H,26,29)/p+1/t20-/m1/s1. The number of ether oxygens (including phenoxy) is 1. The predicted octanol–water partition coefficient (Wildman–Crippen LogP) is 0.377. The second kappa shape index (κ2) is 9.15. The van der Waals surface area contributed by atoms with Crippen LogP contribution in [0.1, 0.15) is 17.3 Å². The minimum Gasteiger partial charge on any atom is -0.370 e. The number of aromatic amines is 1. The predicted molar refractivity (Wildman–Crippen MR) is 110 cm³/mol. The zero-order valence-electron chi connectivity index (χ0n) is 16.5. The van der Waals surface area contributed by atoms with E-state index in [1.165, 1.54) is 17.0 Å². The number of amides is 1. The molecule has 2 heterocycles. The first-order valence-corrected chi connectivity index (χ1v) is 10.0. The average Bonchev–Trinajstić information content (AvgIpc) is 2.78. The molecule has 2 aromatic carbocycles. The highest BCUT2D eigenvalue weighted by Crippen LogP contribution is 2.14. The summed E-state index contributed by atoms with van der Waals surface area (Å²) >= 11 is 0. The molecule has 1 saturated heterocycles. The number of benzene rings is 2. The van der Waals surface area contributed by atoms with Crippen molar-refractivity contribution in [3.8, 4) is 0 Å². The van der Waals surface area contributed by atoms with Gasteiger partial charge in [0.15, 0.2) is 0 Å². The van der Waals surface area contributed by atoms with E-state index >= 15 is 0 Å². The number of carbonyl (C=O) groups excluding carboxylic acids is 1. The number of nitrogens with one attached hydrogen (secondary N) is 3. The van der Waals surface area contributed by atoms with E-state index in [1.807, 2.05) is 6.07 Å². The number of carbonyl (C=O) groups is 1. The fraction of sp³-hybridized carbons (Fsp3) is 0.318. The van der Waals surface area contributed by atoms with Gasteiger partial charge in [-0.25, -0.2) is 9.49 Å². The molecule has 156 valence electrons. The summed E-state index contributed by atoms with van der Waals surface area (Å²) in [7, 11) is 0. The second-order valence-electron chi connectivity index (χ2n) is 7.40. The molecule has 1 amide bonds. The Kier molecular flexibility index (Phi) is 6.15. The Bertz CT molecular complexity index is 1080. The van der Waals surface area contributed by atoms with E-state index in [2.05, 4.69) is 15.5 Å². The molecule has 8 heteroatoms. The van der Waals surface area contributed by atoms with E-state index in [1.54, 1.807) is 30.3 Å². The van der Waals surface area contributed by atoms with Gasteiger partial charge in [-0.2, -0.15) is 5.10 Å². The SMILES string of the molecule is O=C(Cc1n[nH]c(=O)c2ccccc12)NC[C@H](c1ccc(F)cc1)[NH+]1CCOCC1. The van der Waals surface area contributed by atoms with Gasteiger partial charge in [0.1, 0.15) is 24.9 Å². The van der Waals surface area contributed by atoms with E-state index in [9.17, 15) is 14.0 Å². The number of H-pyrrole nitrogens is 1. The molecule has 1 aliphatic rings. The van der Waals surface area contributed by atoms with Gasteiger partial charge in [0, 0.05) is 10.9 Å². The first kappa shape index (κ1) is 20.2. The van der Waals surface area contributed by atoms with Crippen molar-refractivity contribution in [2.75, 3.05) is 32.8 Å². The summed E-state index contributed by atoms with van der Waals surface area (Å²) in [6.45, 7) is 3.39. The molecule has 0 radical (unpaired) electrons. The van der Waals surface area contributed by atoms with Crippen LogP contribution in [-0.4, -0.2) is 49.0 Å². The molecule has 1 fully saturated rings. The van der Waals surface area contributed by atoms with E-state index < -0.39 is 0 Å². The maximum atomic E-state index is 13.4. The lowest BCUT2D eigenvalue weighted by atomic mass is 10.0. The highest BCUT2D eigenvalue weighted by atomic mass is 19.1. The van der Waals surface area contributed by atoms with E-state index in [0.717, 1.165) is 18.7 Å². The van der Waals surface area contributed by atoms with Crippen molar-refractivity contribution in [3.63, 3.8) is 0 Å². The van der Waals surface area contributed by atoms with Crippen molar-refractivity contribution >= 4 is 16.7 Å². The maximum Gasteiger partial charge on any atom is 0.272 e. The quantitative estimate of drug-likeness (QED) is 0.547. The van der Waals surface area contributed by atoms with Gasteiger partial charge in [-0.3, -0.25) is 9.59 Å². The third kappa shape index (κ3) is 4.55. The average molecular weight is 411 g/mol. The first-order valence-electron chi connectivity index (χ1n) is 10.0. The fourth-order valence-corrected chi connectivity index (χ4v) is 3.91. The highest BCUT2D eigenvalue weighted by Gasteiger charge is 2.27. The molecule has 0 aliphatic carbocycles. The fourth-order valence-electron chi connectivity index (χ4n) is 3.91. The Morgan fingerprint density at radius 1 is 1.13 bits per heavy atom. The van der Waals surface area contributed by atoms with Crippen LogP contribution in [-0.2, 0) is 16.0 Å². The van der Waals surface area contributed by atoms with Gasteiger partial charge in [-0.15, -0.1) is 0 Å². The van der Waals surface area contributed by atoms with Gasteiger partial charge in [0.05, 0.1) is 37.3 Å². The molecule has 0 unspecified atom stereocenters. The van der Waals surface area contributed by atoms with Gasteiger partial charge in [-0.1, -0.05) is 30.3 Å². The molecule has 0 saturated carbocycles.